The Labute approximate surface area is 147 Å². The first-order valence-corrected chi connectivity index (χ1v) is 8.56. The monoisotopic (exact) mass is 367 g/mol. The summed E-state index contributed by atoms with van der Waals surface area (Å²) in [6.07, 6.45) is 1.07. The summed E-state index contributed by atoms with van der Waals surface area (Å²) in [6.45, 7) is 0.793. The van der Waals surface area contributed by atoms with Crippen molar-refractivity contribution in [2.24, 2.45) is 22.4 Å². The molecule has 1 aromatic heterocycles. The number of carbonyl (C=O) groups excluding carboxylic acids is 3. The predicted octanol–water partition coefficient (Wildman–Crippen LogP) is -1.84. The van der Waals surface area contributed by atoms with Crippen LogP contribution in [0.15, 0.2) is 10.4 Å². The van der Waals surface area contributed by atoms with Gasteiger partial charge in [0.25, 0.3) is 5.91 Å². The highest BCUT2D eigenvalue weighted by Gasteiger charge is 2.29. The maximum atomic E-state index is 12.5. The van der Waals surface area contributed by atoms with Crippen LogP contribution in [0.4, 0.5) is 5.13 Å². The van der Waals surface area contributed by atoms with Gasteiger partial charge in [-0.1, -0.05) is 0 Å². The Balaban J connectivity index is 1.94. The normalized spacial score (nSPS) is 17.0. The number of nitrogens with two attached hydrogens (primary N) is 2. The number of aliphatic imine (C=N–C) groups is 1. The number of nitrogens with zero attached hydrogens (tertiary/aromatic N) is 3. The molecule has 2 heterocycles. The minimum absolute atomic E-state index is 0.0135. The number of carbonyl (C=O) groups is 3. The molecule has 1 aliphatic rings. The zero-order valence-electron chi connectivity index (χ0n) is 13.4. The number of piperidine rings is 1. The van der Waals surface area contributed by atoms with E-state index in [-0.39, 0.29) is 54.0 Å². The van der Waals surface area contributed by atoms with Gasteiger partial charge in [-0.3, -0.25) is 9.59 Å². The average molecular weight is 367 g/mol. The zero-order chi connectivity index (χ0) is 18.4. The number of likely N-dealkylation sites (tertiary alicyclic amines) is 1. The lowest BCUT2D eigenvalue weighted by molar-refractivity contribution is -0.305. The molecule has 0 aliphatic carbocycles. The molecule has 1 unspecified atom stereocenters. The summed E-state index contributed by atoms with van der Waals surface area (Å²) in [7, 11) is 0. The molecule has 1 atom stereocenters. The number of thiazole rings is 1. The van der Waals surface area contributed by atoms with Crippen LogP contribution in [0.1, 0.15) is 29.8 Å². The molecule has 0 aromatic carbocycles. The van der Waals surface area contributed by atoms with E-state index in [4.69, 9.17) is 11.5 Å². The van der Waals surface area contributed by atoms with E-state index >= 15 is 0 Å². The highest BCUT2D eigenvalue weighted by Crippen LogP contribution is 2.22. The van der Waals surface area contributed by atoms with Crippen LogP contribution in [-0.4, -0.2) is 53.3 Å². The van der Waals surface area contributed by atoms with Gasteiger partial charge in [-0.2, -0.15) is 4.99 Å². The molecular weight excluding hydrogens is 348 g/mol. The summed E-state index contributed by atoms with van der Waals surface area (Å²) >= 11 is 1.14. The van der Waals surface area contributed by atoms with E-state index in [1.165, 1.54) is 0 Å². The first-order valence-electron chi connectivity index (χ1n) is 7.69. The predicted molar refractivity (Wildman–Crippen MR) is 88.8 cm³/mol. The summed E-state index contributed by atoms with van der Waals surface area (Å²) in [5, 5.41) is 14.8. The molecule has 0 radical (unpaired) electrons. The van der Waals surface area contributed by atoms with Gasteiger partial charge in [0.1, 0.15) is 5.69 Å². The summed E-state index contributed by atoms with van der Waals surface area (Å²) in [6, 6.07) is 0. The first-order chi connectivity index (χ1) is 11.9. The van der Waals surface area contributed by atoms with Crippen molar-refractivity contribution < 1.29 is 19.5 Å². The van der Waals surface area contributed by atoms with E-state index in [0.29, 0.717) is 19.4 Å². The van der Waals surface area contributed by atoms with Gasteiger partial charge in [-0.05, 0) is 12.8 Å². The molecule has 0 spiro atoms. The minimum atomic E-state index is -1.22. The van der Waals surface area contributed by atoms with Gasteiger partial charge >= 0.3 is 0 Å². The number of aliphatic carboxylic acids is 1. The number of amides is 2. The van der Waals surface area contributed by atoms with E-state index in [1.807, 2.05) is 0 Å². The number of hydrogen-bond acceptors (Lipinski definition) is 7. The molecule has 11 heteroatoms. The lowest BCUT2D eigenvalue weighted by atomic mass is 9.97. The molecule has 136 valence electrons. The second-order valence-electron chi connectivity index (χ2n) is 5.56. The molecule has 1 aromatic rings. The summed E-state index contributed by atoms with van der Waals surface area (Å²) < 4.78 is 0. The Kier molecular flexibility index (Phi) is 6.28. The maximum absolute atomic E-state index is 12.5. The van der Waals surface area contributed by atoms with Gasteiger partial charge in [0.15, 0.2) is 5.96 Å². The number of nitrogens with one attached hydrogen (secondary N) is 1. The van der Waals surface area contributed by atoms with E-state index in [1.54, 1.807) is 10.3 Å². The summed E-state index contributed by atoms with van der Waals surface area (Å²) in [5.74, 6) is -2.30. The number of rotatable bonds is 6. The zero-order valence-corrected chi connectivity index (χ0v) is 14.3. The van der Waals surface area contributed by atoms with Crippen LogP contribution in [0.2, 0.25) is 0 Å². The molecule has 2 rings (SSSR count). The lowest BCUT2D eigenvalue weighted by Gasteiger charge is -2.31. The second kappa shape index (κ2) is 8.42. The van der Waals surface area contributed by atoms with Gasteiger partial charge in [0, 0.05) is 37.4 Å². The van der Waals surface area contributed by atoms with Crippen LogP contribution >= 0.6 is 11.3 Å². The Morgan fingerprint density at radius 3 is 2.88 bits per heavy atom. The van der Waals surface area contributed by atoms with E-state index in [2.05, 4.69) is 15.3 Å². The topological polar surface area (TPSA) is 167 Å². The minimum Gasteiger partial charge on any atom is -0.550 e. The quantitative estimate of drug-likeness (QED) is 0.392. The highest BCUT2D eigenvalue weighted by atomic mass is 32.1. The van der Waals surface area contributed by atoms with Crippen molar-refractivity contribution >= 4 is 40.2 Å². The van der Waals surface area contributed by atoms with E-state index in [9.17, 15) is 19.5 Å². The molecule has 10 nitrogen and oxygen atoms in total. The molecule has 1 aliphatic heterocycles. The number of carboxylic acids is 1. The molecule has 1 saturated heterocycles. The van der Waals surface area contributed by atoms with E-state index in [0.717, 1.165) is 11.3 Å². The van der Waals surface area contributed by atoms with Gasteiger partial charge in [0.05, 0.1) is 5.92 Å². The van der Waals surface area contributed by atoms with Crippen LogP contribution in [-0.2, 0) is 9.59 Å². The fourth-order valence-electron chi connectivity index (χ4n) is 2.49. The third-order valence-electron chi connectivity index (χ3n) is 3.64. The molecule has 25 heavy (non-hydrogen) atoms. The number of carboxylic acid groups (broad SMARTS) is 1. The number of guanidine groups is 1. The fourth-order valence-corrected chi connectivity index (χ4v) is 3.17. The van der Waals surface area contributed by atoms with Crippen molar-refractivity contribution in [3.63, 3.8) is 0 Å². The van der Waals surface area contributed by atoms with Gasteiger partial charge in [-0.25, -0.2) is 4.98 Å². The molecule has 5 N–H and O–H groups in total. The summed E-state index contributed by atoms with van der Waals surface area (Å²) in [4.78, 5) is 44.4. The van der Waals surface area contributed by atoms with Crippen molar-refractivity contribution in [1.82, 2.24) is 15.2 Å². The highest BCUT2D eigenvalue weighted by molar-refractivity contribution is 7.13. The Morgan fingerprint density at radius 1 is 1.44 bits per heavy atom. The summed E-state index contributed by atoms with van der Waals surface area (Å²) in [5.41, 5.74) is 10.8. The Hall–Kier alpha value is -2.69. The van der Waals surface area contributed by atoms with Crippen LogP contribution in [0.5, 0.6) is 0 Å². The van der Waals surface area contributed by atoms with E-state index < -0.39 is 5.97 Å². The Morgan fingerprint density at radius 2 is 2.20 bits per heavy atom. The van der Waals surface area contributed by atoms with Crippen molar-refractivity contribution in [2.75, 3.05) is 19.6 Å². The van der Waals surface area contributed by atoms with Gasteiger partial charge in [-0.15, -0.1) is 11.3 Å². The smallest absolute Gasteiger partial charge is 0.273 e. The fraction of sp³-hybridized carbons (Fsp3) is 0.500. The lowest BCUT2D eigenvalue weighted by Crippen LogP contribution is -2.46. The largest absolute Gasteiger partial charge is 0.550 e. The molecule has 0 bridgehead atoms. The molecule has 1 fully saturated rings. The van der Waals surface area contributed by atoms with Crippen molar-refractivity contribution in [2.45, 2.75) is 19.3 Å². The van der Waals surface area contributed by atoms with Crippen molar-refractivity contribution in [3.05, 3.63) is 11.1 Å². The maximum Gasteiger partial charge on any atom is 0.273 e. The SMILES string of the molecule is NC(N)=Nc1nc(C(=O)N2CCCC(C(=O)NCCC(=O)[O-])C2)cs1. The van der Waals surface area contributed by atoms with Crippen LogP contribution in [0, 0.1) is 5.92 Å². The third kappa shape index (κ3) is 5.41. The van der Waals surface area contributed by atoms with Crippen molar-refractivity contribution in [3.8, 4) is 0 Å². The van der Waals surface area contributed by atoms with Crippen LogP contribution in [0.25, 0.3) is 0 Å². The number of hydrogen-bond donors (Lipinski definition) is 3. The Bertz CT molecular complexity index is 685. The molecule has 2 amide bonds. The van der Waals surface area contributed by atoms with Crippen LogP contribution in [0.3, 0.4) is 0 Å². The van der Waals surface area contributed by atoms with Crippen molar-refractivity contribution in [1.29, 1.82) is 0 Å². The van der Waals surface area contributed by atoms with Crippen LogP contribution < -0.4 is 21.9 Å². The second-order valence-corrected chi connectivity index (χ2v) is 6.39. The first kappa shape index (κ1) is 18.6. The standard InChI is InChI=1S/C14H20N6O4S/c15-13(16)19-14-18-9(7-25-14)12(24)20-5-1-2-8(6-20)11(23)17-4-3-10(21)22/h7-8H,1-6H2,(H,17,23)(H,21,22)(H4,15,16,18,19)/p-1. The van der Waals surface area contributed by atoms with Gasteiger partial charge in [0.2, 0.25) is 11.0 Å². The molecule has 0 saturated carbocycles. The molecular formula is C14H19N6O4S-. The van der Waals surface area contributed by atoms with Gasteiger partial charge < -0.3 is 31.6 Å². The number of aromatic nitrogens is 1. The third-order valence-corrected chi connectivity index (χ3v) is 4.38. The average Bonchev–Trinajstić information content (AvgIpc) is 3.01.